The number of nitrogens with zero attached hydrogens (tertiary/aromatic N) is 2. The lowest BCUT2D eigenvalue weighted by molar-refractivity contribution is -0.136. The van der Waals surface area contributed by atoms with Crippen molar-refractivity contribution in [1.29, 1.82) is 0 Å². The summed E-state index contributed by atoms with van der Waals surface area (Å²) in [5.41, 5.74) is 0.178. The van der Waals surface area contributed by atoms with E-state index in [1.165, 1.54) is 13.4 Å². The Kier molecular flexibility index (Phi) is 3.30. The zero-order chi connectivity index (χ0) is 14.3. The van der Waals surface area contributed by atoms with Crippen LogP contribution >= 0.6 is 0 Å². The van der Waals surface area contributed by atoms with Crippen LogP contribution in [0.3, 0.4) is 0 Å². The van der Waals surface area contributed by atoms with Crippen molar-refractivity contribution in [2.75, 3.05) is 13.7 Å². The largest absolute Gasteiger partial charge is 0.394 e. The van der Waals surface area contributed by atoms with Crippen molar-refractivity contribution >= 4 is 11.0 Å². The normalized spacial score (nSPS) is 30.1. The van der Waals surface area contributed by atoms with Crippen molar-refractivity contribution in [3.63, 3.8) is 0 Å². The summed E-state index contributed by atoms with van der Waals surface area (Å²) in [4.78, 5) is 18.3. The van der Waals surface area contributed by atoms with Crippen molar-refractivity contribution in [2.45, 2.75) is 24.5 Å². The van der Waals surface area contributed by atoms with E-state index in [2.05, 4.69) is 9.97 Å². The molecule has 108 valence electrons. The van der Waals surface area contributed by atoms with E-state index in [0.29, 0.717) is 11.0 Å². The van der Waals surface area contributed by atoms with E-state index in [4.69, 9.17) is 9.47 Å². The Morgan fingerprint density at radius 3 is 3.10 bits per heavy atom. The van der Waals surface area contributed by atoms with Crippen LogP contribution in [-0.2, 0) is 9.47 Å². The molecule has 8 heteroatoms. The average Bonchev–Trinajstić information content (AvgIpc) is 3.00. The van der Waals surface area contributed by atoms with Crippen LogP contribution in [-0.4, -0.2) is 57.0 Å². The first kappa shape index (κ1) is 13.3. The van der Waals surface area contributed by atoms with Gasteiger partial charge in [0, 0.05) is 13.3 Å². The van der Waals surface area contributed by atoms with Gasteiger partial charge in [-0.05, 0) is 6.07 Å². The van der Waals surface area contributed by atoms with E-state index in [9.17, 15) is 15.0 Å². The maximum atomic E-state index is 11.7. The SMILES string of the molecule is CO[C@H]1O[C@H](CO)[C@@H](O)[C@@H]1n1ccc2c(=O)[nH]cnc21. The van der Waals surface area contributed by atoms with Gasteiger partial charge in [-0.3, -0.25) is 4.79 Å². The number of hydrogen-bond donors (Lipinski definition) is 3. The number of ether oxygens (including phenoxy) is 2. The summed E-state index contributed by atoms with van der Waals surface area (Å²) >= 11 is 0. The summed E-state index contributed by atoms with van der Waals surface area (Å²) in [7, 11) is 1.45. The molecule has 0 bridgehead atoms. The van der Waals surface area contributed by atoms with Crippen molar-refractivity contribution < 1.29 is 19.7 Å². The first-order chi connectivity index (χ1) is 9.67. The Morgan fingerprint density at radius 1 is 1.60 bits per heavy atom. The number of nitrogens with one attached hydrogen (secondary N) is 1. The van der Waals surface area contributed by atoms with Crippen LogP contribution < -0.4 is 5.56 Å². The Bertz CT molecular complexity index is 664. The maximum Gasteiger partial charge on any atom is 0.260 e. The number of aliphatic hydroxyl groups excluding tert-OH is 2. The Balaban J connectivity index is 2.10. The number of rotatable bonds is 3. The molecule has 8 nitrogen and oxygen atoms in total. The van der Waals surface area contributed by atoms with E-state index in [1.54, 1.807) is 16.8 Å². The molecule has 1 aliphatic heterocycles. The number of hydrogen-bond acceptors (Lipinski definition) is 6. The standard InChI is InChI=1S/C12H15N3O5/c1-19-12-8(9(17)7(4-16)20-12)15-3-2-6-10(15)13-5-14-11(6)18/h2-3,5,7-9,12,16-17H,4H2,1H3,(H,13,14,18)/t7-,8+,9-,12+/m1/s1. The summed E-state index contributed by atoms with van der Waals surface area (Å²) in [6, 6.07) is 1.04. The summed E-state index contributed by atoms with van der Waals surface area (Å²) in [6.45, 7) is -0.315. The van der Waals surface area contributed by atoms with Crippen LogP contribution in [0.5, 0.6) is 0 Å². The van der Waals surface area contributed by atoms with Crippen LogP contribution in [0, 0.1) is 0 Å². The van der Waals surface area contributed by atoms with Gasteiger partial charge in [-0.25, -0.2) is 4.98 Å². The third kappa shape index (κ3) is 1.85. The van der Waals surface area contributed by atoms with Gasteiger partial charge < -0.3 is 29.2 Å². The lowest BCUT2D eigenvalue weighted by atomic mass is 10.1. The van der Waals surface area contributed by atoms with Crippen LogP contribution in [0.4, 0.5) is 0 Å². The second-order valence-electron chi connectivity index (χ2n) is 4.63. The van der Waals surface area contributed by atoms with E-state index in [1.807, 2.05) is 0 Å². The van der Waals surface area contributed by atoms with Gasteiger partial charge in [-0.1, -0.05) is 0 Å². The third-order valence-electron chi connectivity index (χ3n) is 3.57. The monoisotopic (exact) mass is 281 g/mol. The molecule has 20 heavy (non-hydrogen) atoms. The fourth-order valence-corrected chi connectivity index (χ4v) is 2.58. The van der Waals surface area contributed by atoms with Gasteiger partial charge in [0.2, 0.25) is 0 Å². The fourth-order valence-electron chi connectivity index (χ4n) is 2.58. The van der Waals surface area contributed by atoms with Gasteiger partial charge in [-0.2, -0.15) is 0 Å². The van der Waals surface area contributed by atoms with Crippen molar-refractivity contribution in [3.8, 4) is 0 Å². The summed E-state index contributed by atoms with van der Waals surface area (Å²) in [6.07, 6.45) is 0.537. The smallest absolute Gasteiger partial charge is 0.260 e. The first-order valence-electron chi connectivity index (χ1n) is 6.18. The minimum Gasteiger partial charge on any atom is -0.394 e. The molecule has 1 fully saturated rings. The highest BCUT2D eigenvalue weighted by Crippen LogP contribution is 2.33. The first-order valence-corrected chi connectivity index (χ1v) is 6.18. The molecule has 3 N–H and O–H groups in total. The number of H-pyrrole nitrogens is 1. The number of methoxy groups -OCH3 is 1. The molecule has 1 saturated heterocycles. The van der Waals surface area contributed by atoms with E-state index in [-0.39, 0.29) is 12.2 Å². The molecule has 2 aromatic heterocycles. The average molecular weight is 281 g/mol. The predicted molar refractivity (Wildman–Crippen MR) is 68.2 cm³/mol. The van der Waals surface area contributed by atoms with Crippen LogP contribution in [0.25, 0.3) is 11.0 Å². The highest BCUT2D eigenvalue weighted by molar-refractivity contribution is 5.74. The lowest BCUT2D eigenvalue weighted by Crippen LogP contribution is -2.32. The number of aliphatic hydroxyl groups is 2. The van der Waals surface area contributed by atoms with Crippen molar-refractivity contribution in [1.82, 2.24) is 14.5 Å². The Morgan fingerprint density at radius 2 is 2.40 bits per heavy atom. The second-order valence-corrected chi connectivity index (χ2v) is 4.63. The summed E-state index contributed by atoms with van der Waals surface area (Å²) < 4.78 is 12.3. The predicted octanol–water partition coefficient (Wildman–Crippen LogP) is -1.01. The minimum absolute atomic E-state index is 0.255. The maximum absolute atomic E-state index is 11.7. The number of aromatic nitrogens is 3. The highest BCUT2D eigenvalue weighted by atomic mass is 16.7. The van der Waals surface area contributed by atoms with Gasteiger partial charge in [0.25, 0.3) is 5.56 Å². The van der Waals surface area contributed by atoms with Gasteiger partial charge in [0.15, 0.2) is 6.29 Å². The molecule has 0 amide bonds. The molecule has 3 heterocycles. The Labute approximate surface area is 113 Å². The zero-order valence-electron chi connectivity index (χ0n) is 10.8. The molecule has 0 unspecified atom stereocenters. The molecule has 0 aromatic carbocycles. The zero-order valence-corrected chi connectivity index (χ0v) is 10.8. The quantitative estimate of drug-likeness (QED) is 0.665. The van der Waals surface area contributed by atoms with E-state index >= 15 is 0 Å². The fraction of sp³-hybridized carbons (Fsp3) is 0.500. The molecule has 0 saturated carbocycles. The second kappa shape index (κ2) is 4.98. The third-order valence-corrected chi connectivity index (χ3v) is 3.57. The lowest BCUT2D eigenvalue weighted by Gasteiger charge is -2.21. The number of fused-ring (bicyclic) bond motifs is 1. The van der Waals surface area contributed by atoms with Gasteiger partial charge in [0.05, 0.1) is 18.3 Å². The van der Waals surface area contributed by atoms with Crippen molar-refractivity contribution in [3.05, 3.63) is 28.9 Å². The van der Waals surface area contributed by atoms with Gasteiger partial charge in [0.1, 0.15) is 23.9 Å². The van der Waals surface area contributed by atoms with E-state index in [0.717, 1.165) is 0 Å². The topological polar surface area (TPSA) is 110 Å². The summed E-state index contributed by atoms with van der Waals surface area (Å²) in [5, 5.41) is 19.9. The van der Waals surface area contributed by atoms with Crippen LogP contribution in [0.1, 0.15) is 6.04 Å². The highest BCUT2D eigenvalue weighted by Gasteiger charge is 2.45. The van der Waals surface area contributed by atoms with Crippen LogP contribution in [0.2, 0.25) is 0 Å². The molecule has 0 spiro atoms. The van der Waals surface area contributed by atoms with Gasteiger partial charge >= 0.3 is 0 Å². The van der Waals surface area contributed by atoms with Crippen molar-refractivity contribution in [2.24, 2.45) is 0 Å². The molecule has 4 atom stereocenters. The molecule has 0 radical (unpaired) electrons. The van der Waals surface area contributed by atoms with Crippen LogP contribution in [0.15, 0.2) is 23.4 Å². The Hall–Kier alpha value is -1.74. The number of aromatic amines is 1. The van der Waals surface area contributed by atoms with Gasteiger partial charge in [-0.15, -0.1) is 0 Å². The molecule has 0 aliphatic carbocycles. The molecular weight excluding hydrogens is 266 g/mol. The van der Waals surface area contributed by atoms with E-state index < -0.39 is 24.5 Å². The molecular formula is C12H15N3O5. The minimum atomic E-state index is -0.957. The molecule has 1 aliphatic rings. The summed E-state index contributed by atoms with van der Waals surface area (Å²) in [5.74, 6) is 0. The molecule has 2 aromatic rings. The molecule has 3 rings (SSSR count).